The number of nitrogens with one attached hydrogen (secondary N) is 2. The first-order valence-electron chi connectivity index (χ1n) is 9.13. The average Bonchev–Trinajstić information content (AvgIpc) is 2.64. The summed E-state index contributed by atoms with van der Waals surface area (Å²) < 4.78 is 32.6. The standard InChI is InChI=1S/C20H22ClN3O5S/c1-11-7-14(21)5-6-15(11)22-19(25)10-24(4)30(27,28)18-9-17-16(8-12(18)2)23-20(26)13(3)29-17/h5-9,13H,10H2,1-4H3,(H,22,25)(H,23,26)/t13-/m1/s1. The van der Waals surface area contributed by atoms with Crippen molar-refractivity contribution in [2.75, 3.05) is 24.2 Å². The number of ether oxygens (including phenoxy) is 1. The van der Waals surface area contributed by atoms with Gasteiger partial charge >= 0.3 is 0 Å². The lowest BCUT2D eigenvalue weighted by atomic mass is 10.1. The zero-order valence-corrected chi connectivity index (χ0v) is 18.5. The summed E-state index contributed by atoms with van der Waals surface area (Å²) in [6.45, 7) is 4.59. The molecule has 2 N–H and O–H groups in total. The van der Waals surface area contributed by atoms with Crippen LogP contribution in [-0.4, -0.2) is 44.2 Å². The van der Waals surface area contributed by atoms with E-state index in [4.69, 9.17) is 16.3 Å². The van der Waals surface area contributed by atoms with E-state index in [1.807, 2.05) is 0 Å². The van der Waals surface area contributed by atoms with Crippen molar-refractivity contribution in [3.05, 3.63) is 46.5 Å². The van der Waals surface area contributed by atoms with E-state index < -0.39 is 22.0 Å². The van der Waals surface area contributed by atoms with E-state index in [2.05, 4.69) is 10.6 Å². The molecular weight excluding hydrogens is 430 g/mol. The Morgan fingerprint density at radius 3 is 2.60 bits per heavy atom. The van der Waals surface area contributed by atoms with Gasteiger partial charge in [0.15, 0.2) is 6.10 Å². The topological polar surface area (TPSA) is 105 Å². The third-order valence-corrected chi connectivity index (χ3v) is 6.91. The maximum atomic E-state index is 13.1. The predicted octanol–water partition coefficient (Wildman–Crippen LogP) is 2.94. The second kappa shape index (κ2) is 8.25. The molecule has 2 aromatic rings. The summed E-state index contributed by atoms with van der Waals surface area (Å²) in [6.07, 6.45) is -0.734. The van der Waals surface area contributed by atoms with E-state index >= 15 is 0 Å². The van der Waals surface area contributed by atoms with Crippen LogP contribution in [0.25, 0.3) is 0 Å². The molecule has 30 heavy (non-hydrogen) atoms. The van der Waals surface area contributed by atoms with Crippen molar-refractivity contribution in [1.82, 2.24) is 4.31 Å². The van der Waals surface area contributed by atoms with Crippen molar-refractivity contribution in [1.29, 1.82) is 0 Å². The van der Waals surface area contributed by atoms with Crippen LogP contribution in [0.2, 0.25) is 5.02 Å². The van der Waals surface area contributed by atoms with E-state index in [1.54, 1.807) is 39.0 Å². The van der Waals surface area contributed by atoms with Crippen LogP contribution in [0.1, 0.15) is 18.1 Å². The number of hydrogen-bond acceptors (Lipinski definition) is 5. The molecule has 0 saturated heterocycles. The van der Waals surface area contributed by atoms with Gasteiger partial charge in [-0.3, -0.25) is 9.59 Å². The highest BCUT2D eigenvalue weighted by Gasteiger charge is 2.30. The Kier molecular flexibility index (Phi) is 6.07. The number of anilines is 2. The molecule has 0 aromatic heterocycles. The van der Waals surface area contributed by atoms with E-state index in [9.17, 15) is 18.0 Å². The summed E-state index contributed by atoms with van der Waals surface area (Å²) in [6, 6.07) is 7.91. The molecule has 0 bridgehead atoms. The lowest BCUT2D eigenvalue weighted by Gasteiger charge is -2.25. The molecule has 0 fully saturated rings. The number of hydrogen-bond donors (Lipinski definition) is 2. The number of amides is 2. The number of carbonyl (C=O) groups excluding carboxylic acids is 2. The second-order valence-electron chi connectivity index (χ2n) is 7.13. The van der Waals surface area contributed by atoms with Crippen LogP contribution in [0.4, 0.5) is 11.4 Å². The Labute approximate surface area is 180 Å². The Morgan fingerprint density at radius 1 is 1.23 bits per heavy atom. The minimum Gasteiger partial charge on any atom is -0.479 e. The third-order valence-electron chi connectivity index (χ3n) is 4.73. The van der Waals surface area contributed by atoms with Crippen molar-refractivity contribution in [2.24, 2.45) is 0 Å². The Morgan fingerprint density at radius 2 is 1.93 bits per heavy atom. The molecule has 2 aromatic carbocycles. The molecule has 160 valence electrons. The molecule has 0 unspecified atom stereocenters. The highest BCUT2D eigenvalue weighted by molar-refractivity contribution is 7.89. The highest BCUT2D eigenvalue weighted by Crippen LogP contribution is 2.35. The molecule has 1 atom stereocenters. The maximum absolute atomic E-state index is 13.1. The summed E-state index contributed by atoms with van der Waals surface area (Å²) in [7, 11) is -2.65. The van der Waals surface area contributed by atoms with Gasteiger partial charge in [-0.2, -0.15) is 4.31 Å². The smallest absolute Gasteiger partial charge is 0.265 e. The molecule has 0 aliphatic carbocycles. The molecule has 1 aliphatic heterocycles. The van der Waals surface area contributed by atoms with Crippen LogP contribution >= 0.6 is 11.6 Å². The predicted molar refractivity (Wildman–Crippen MR) is 115 cm³/mol. The van der Waals surface area contributed by atoms with Crippen molar-refractivity contribution in [2.45, 2.75) is 31.8 Å². The lowest BCUT2D eigenvalue weighted by molar-refractivity contribution is -0.122. The van der Waals surface area contributed by atoms with Gasteiger partial charge in [0.05, 0.1) is 17.1 Å². The zero-order valence-electron chi connectivity index (χ0n) is 16.9. The van der Waals surface area contributed by atoms with Crippen molar-refractivity contribution >= 4 is 44.8 Å². The Bertz CT molecular complexity index is 1130. The lowest BCUT2D eigenvalue weighted by Crippen LogP contribution is -2.36. The molecule has 2 amide bonds. The quantitative estimate of drug-likeness (QED) is 0.727. The fourth-order valence-electron chi connectivity index (χ4n) is 3.03. The number of halogens is 1. The van der Waals surface area contributed by atoms with Gasteiger partial charge in [-0.05, 0) is 56.2 Å². The Hall–Kier alpha value is -2.62. The molecule has 8 nitrogen and oxygen atoms in total. The molecular formula is C20H22ClN3O5S. The van der Waals surface area contributed by atoms with Gasteiger partial charge in [0.1, 0.15) is 5.75 Å². The normalized spacial score (nSPS) is 15.9. The number of carbonyl (C=O) groups is 2. The number of aryl methyl sites for hydroxylation is 2. The summed E-state index contributed by atoms with van der Waals surface area (Å²) in [5, 5.41) is 5.91. The zero-order chi connectivity index (χ0) is 22.2. The van der Waals surface area contributed by atoms with Gasteiger partial charge in [-0.25, -0.2) is 8.42 Å². The van der Waals surface area contributed by atoms with Gasteiger partial charge in [0.25, 0.3) is 5.91 Å². The van der Waals surface area contributed by atoms with Gasteiger partial charge in [0.2, 0.25) is 15.9 Å². The van der Waals surface area contributed by atoms with Crippen LogP contribution in [-0.2, 0) is 19.6 Å². The fraction of sp³-hybridized carbons (Fsp3) is 0.300. The van der Waals surface area contributed by atoms with E-state index in [0.29, 0.717) is 22.0 Å². The number of likely N-dealkylation sites (N-methyl/N-ethyl adjacent to an activating group) is 1. The molecule has 0 saturated carbocycles. The minimum atomic E-state index is -3.98. The first-order chi connectivity index (χ1) is 14.0. The third kappa shape index (κ3) is 4.43. The van der Waals surface area contributed by atoms with Crippen LogP contribution in [0.15, 0.2) is 35.2 Å². The van der Waals surface area contributed by atoms with E-state index in [0.717, 1.165) is 9.87 Å². The monoisotopic (exact) mass is 451 g/mol. The SMILES string of the molecule is Cc1cc(Cl)ccc1NC(=O)CN(C)S(=O)(=O)c1cc2c(cc1C)NC(=O)[C@@H](C)O2. The fourth-order valence-corrected chi connectivity index (χ4v) is 4.60. The minimum absolute atomic E-state index is 0.00238. The largest absolute Gasteiger partial charge is 0.479 e. The summed E-state index contributed by atoms with van der Waals surface area (Å²) in [5.74, 6) is -0.524. The van der Waals surface area contributed by atoms with Crippen LogP contribution in [0.3, 0.4) is 0 Å². The molecule has 3 rings (SSSR count). The van der Waals surface area contributed by atoms with Gasteiger partial charge < -0.3 is 15.4 Å². The number of benzene rings is 2. The van der Waals surface area contributed by atoms with E-state index in [1.165, 1.54) is 19.2 Å². The van der Waals surface area contributed by atoms with Crippen LogP contribution in [0, 0.1) is 13.8 Å². The molecule has 1 heterocycles. The second-order valence-corrected chi connectivity index (χ2v) is 9.58. The summed E-state index contributed by atoms with van der Waals surface area (Å²) in [5.41, 5.74) is 2.15. The highest BCUT2D eigenvalue weighted by atomic mass is 35.5. The number of fused-ring (bicyclic) bond motifs is 1. The summed E-state index contributed by atoms with van der Waals surface area (Å²) in [4.78, 5) is 24.2. The molecule has 1 aliphatic rings. The summed E-state index contributed by atoms with van der Waals surface area (Å²) >= 11 is 5.91. The van der Waals surface area contributed by atoms with Crippen molar-refractivity contribution in [3.8, 4) is 5.75 Å². The number of sulfonamides is 1. The van der Waals surface area contributed by atoms with Gasteiger partial charge in [-0.15, -0.1) is 0 Å². The average molecular weight is 452 g/mol. The van der Waals surface area contributed by atoms with Crippen LogP contribution < -0.4 is 15.4 Å². The van der Waals surface area contributed by atoms with Gasteiger partial charge in [-0.1, -0.05) is 11.6 Å². The van der Waals surface area contributed by atoms with Gasteiger partial charge in [0, 0.05) is 23.8 Å². The maximum Gasteiger partial charge on any atom is 0.265 e. The Balaban J connectivity index is 1.80. The first-order valence-corrected chi connectivity index (χ1v) is 11.0. The number of rotatable bonds is 5. The molecule has 0 spiro atoms. The number of nitrogens with zero attached hydrogens (tertiary/aromatic N) is 1. The van der Waals surface area contributed by atoms with Crippen molar-refractivity contribution < 1.29 is 22.7 Å². The molecule has 0 radical (unpaired) electrons. The molecule has 10 heteroatoms. The van der Waals surface area contributed by atoms with E-state index in [-0.39, 0.29) is 23.1 Å². The van der Waals surface area contributed by atoms with Crippen molar-refractivity contribution in [3.63, 3.8) is 0 Å². The van der Waals surface area contributed by atoms with Crippen LogP contribution in [0.5, 0.6) is 5.75 Å². The first kappa shape index (κ1) is 22.1.